The molecular weight excluding hydrogens is 372 g/mol. The molecule has 0 fully saturated rings. The average Bonchev–Trinajstić information content (AvgIpc) is 2.92. The highest BCUT2D eigenvalue weighted by molar-refractivity contribution is 6.34. The zero-order valence-electron chi connectivity index (χ0n) is 16.1. The van der Waals surface area contributed by atoms with E-state index in [1.807, 2.05) is 43.8 Å². The number of benzene rings is 1. The molecule has 0 unspecified atom stereocenters. The fourth-order valence-corrected chi connectivity index (χ4v) is 2.34. The van der Waals surface area contributed by atoms with E-state index in [9.17, 15) is 4.39 Å². The lowest BCUT2D eigenvalue weighted by molar-refractivity contribution is 0.638. The van der Waals surface area contributed by atoms with E-state index in [0.29, 0.717) is 10.0 Å². The fourth-order valence-electron chi connectivity index (χ4n) is 1.77. The number of nitrogens with one attached hydrogen (secondary N) is 1. The van der Waals surface area contributed by atoms with E-state index in [4.69, 9.17) is 23.2 Å². The van der Waals surface area contributed by atoms with Crippen LogP contribution in [0.15, 0.2) is 54.6 Å². The standard InChI is InChI=1S/C11H10Cl2N2.C5H11N.C4H7F/c1-8-14-2-3-15(8)7-9-4-10(12)6-11(13)5-9;1-5(2)4-6-3;1-3-4(2)5/h2-6H,7H2,1H3;6H,1,4H2,2-3H3;3H,1-2H3/b;;4-3+. The van der Waals surface area contributed by atoms with Crippen molar-refractivity contribution in [2.45, 2.75) is 34.2 Å². The molecule has 6 heteroatoms. The predicted molar refractivity (Wildman–Crippen MR) is 112 cm³/mol. The summed E-state index contributed by atoms with van der Waals surface area (Å²) in [5.74, 6) is 0.857. The van der Waals surface area contributed by atoms with E-state index in [2.05, 4.69) is 16.9 Å². The molecule has 0 radical (unpaired) electrons. The summed E-state index contributed by atoms with van der Waals surface area (Å²) >= 11 is 11.8. The molecule has 0 bridgehead atoms. The molecule has 0 saturated heterocycles. The van der Waals surface area contributed by atoms with E-state index in [-0.39, 0.29) is 5.83 Å². The molecule has 0 aliphatic rings. The Balaban J connectivity index is 0.000000474. The van der Waals surface area contributed by atoms with Gasteiger partial charge in [0, 0.05) is 35.5 Å². The molecule has 1 heterocycles. The highest BCUT2D eigenvalue weighted by Gasteiger charge is 2.01. The Morgan fingerprint density at radius 1 is 1.27 bits per heavy atom. The van der Waals surface area contributed by atoms with Crippen LogP contribution in [-0.2, 0) is 6.54 Å². The van der Waals surface area contributed by atoms with Crippen molar-refractivity contribution in [3.05, 3.63) is 76.1 Å². The molecule has 0 spiro atoms. The van der Waals surface area contributed by atoms with Gasteiger partial charge in [-0.15, -0.1) is 0 Å². The maximum absolute atomic E-state index is 11.3. The van der Waals surface area contributed by atoms with Crippen LogP contribution in [0.25, 0.3) is 0 Å². The molecular formula is C20H28Cl2FN3. The summed E-state index contributed by atoms with van der Waals surface area (Å²) < 4.78 is 13.3. The number of hydrogen-bond donors (Lipinski definition) is 1. The van der Waals surface area contributed by atoms with Crippen LogP contribution < -0.4 is 5.32 Å². The summed E-state index contributed by atoms with van der Waals surface area (Å²) in [7, 11) is 1.91. The van der Waals surface area contributed by atoms with Gasteiger partial charge in [0.05, 0.1) is 5.83 Å². The lowest BCUT2D eigenvalue weighted by atomic mass is 10.2. The predicted octanol–water partition coefficient (Wildman–Crippen LogP) is 6.21. The second kappa shape index (κ2) is 13.6. The molecule has 26 heavy (non-hydrogen) atoms. The van der Waals surface area contributed by atoms with Crippen molar-refractivity contribution in [3.8, 4) is 0 Å². The van der Waals surface area contributed by atoms with Crippen LogP contribution in [0.5, 0.6) is 0 Å². The molecule has 2 aromatic rings. The second-order valence-electron chi connectivity index (χ2n) is 5.74. The van der Waals surface area contributed by atoms with Crippen LogP contribution in [0.4, 0.5) is 4.39 Å². The van der Waals surface area contributed by atoms with Crippen LogP contribution in [-0.4, -0.2) is 23.1 Å². The van der Waals surface area contributed by atoms with E-state index in [1.54, 1.807) is 19.2 Å². The summed E-state index contributed by atoms with van der Waals surface area (Å²) in [5.41, 5.74) is 2.26. The number of rotatable bonds is 4. The van der Waals surface area contributed by atoms with E-state index in [0.717, 1.165) is 24.5 Å². The van der Waals surface area contributed by atoms with Crippen LogP contribution in [0.1, 0.15) is 32.2 Å². The summed E-state index contributed by atoms with van der Waals surface area (Å²) in [6.45, 7) is 12.4. The van der Waals surface area contributed by atoms with Gasteiger partial charge in [-0.25, -0.2) is 9.37 Å². The highest BCUT2D eigenvalue weighted by atomic mass is 35.5. The van der Waals surface area contributed by atoms with E-state index < -0.39 is 0 Å². The minimum atomic E-state index is -0.120. The van der Waals surface area contributed by atoms with Crippen LogP contribution in [0.3, 0.4) is 0 Å². The minimum absolute atomic E-state index is 0.120. The van der Waals surface area contributed by atoms with Crippen LogP contribution in [0, 0.1) is 6.92 Å². The van der Waals surface area contributed by atoms with Gasteiger partial charge in [0.25, 0.3) is 0 Å². The maximum Gasteiger partial charge on any atom is 0.105 e. The smallest absolute Gasteiger partial charge is 0.105 e. The third-order valence-corrected chi connectivity index (χ3v) is 3.51. The van der Waals surface area contributed by atoms with Crippen molar-refractivity contribution in [3.63, 3.8) is 0 Å². The largest absolute Gasteiger partial charge is 0.331 e. The first kappa shape index (κ1) is 24.4. The summed E-state index contributed by atoms with van der Waals surface area (Å²) in [6.07, 6.45) is 5.13. The van der Waals surface area contributed by atoms with Crippen LogP contribution in [0.2, 0.25) is 10.0 Å². The Bertz CT molecular complexity index is 685. The Morgan fingerprint density at radius 2 is 1.81 bits per heavy atom. The van der Waals surface area contributed by atoms with Gasteiger partial charge in [0.15, 0.2) is 0 Å². The Hall–Kier alpha value is -1.62. The lowest BCUT2D eigenvalue weighted by Crippen LogP contribution is -2.07. The molecule has 1 aromatic heterocycles. The quantitative estimate of drug-likeness (QED) is 0.619. The Kier molecular flexibility index (Phi) is 12.7. The molecule has 0 aliphatic heterocycles. The van der Waals surface area contributed by atoms with Crippen molar-refractivity contribution in [2.24, 2.45) is 0 Å². The van der Waals surface area contributed by atoms with Gasteiger partial charge >= 0.3 is 0 Å². The molecule has 0 aliphatic carbocycles. The third kappa shape index (κ3) is 11.9. The lowest BCUT2D eigenvalue weighted by Gasteiger charge is -2.06. The minimum Gasteiger partial charge on any atom is -0.331 e. The van der Waals surface area contributed by atoms with E-state index in [1.165, 1.54) is 18.6 Å². The summed E-state index contributed by atoms with van der Waals surface area (Å²) in [4.78, 5) is 4.15. The van der Waals surface area contributed by atoms with Crippen molar-refractivity contribution < 1.29 is 4.39 Å². The number of hydrogen-bond acceptors (Lipinski definition) is 2. The number of imidazole rings is 1. The van der Waals surface area contributed by atoms with Gasteiger partial charge in [-0.1, -0.05) is 41.4 Å². The molecule has 1 N–H and O–H groups in total. The van der Waals surface area contributed by atoms with Gasteiger partial charge in [0.2, 0.25) is 0 Å². The van der Waals surface area contributed by atoms with Crippen molar-refractivity contribution in [2.75, 3.05) is 13.6 Å². The van der Waals surface area contributed by atoms with Crippen molar-refractivity contribution in [1.82, 2.24) is 14.9 Å². The van der Waals surface area contributed by atoms with Gasteiger partial charge in [0.1, 0.15) is 5.82 Å². The number of nitrogens with zero attached hydrogens (tertiary/aromatic N) is 2. The van der Waals surface area contributed by atoms with Gasteiger partial charge in [-0.3, -0.25) is 0 Å². The molecule has 1 aromatic carbocycles. The zero-order chi connectivity index (χ0) is 20.1. The number of aryl methyl sites for hydroxylation is 1. The molecule has 144 valence electrons. The fraction of sp³-hybridized carbons (Fsp3) is 0.350. The third-order valence-electron chi connectivity index (χ3n) is 3.08. The molecule has 0 amide bonds. The number of aromatic nitrogens is 2. The van der Waals surface area contributed by atoms with Crippen LogP contribution >= 0.6 is 23.2 Å². The molecule has 2 rings (SSSR count). The Morgan fingerprint density at radius 3 is 2.12 bits per heavy atom. The first-order valence-corrected chi connectivity index (χ1v) is 8.95. The van der Waals surface area contributed by atoms with Gasteiger partial charge in [-0.05, 0) is 58.5 Å². The first-order valence-electron chi connectivity index (χ1n) is 8.19. The van der Waals surface area contributed by atoms with Crippen molar-refractivity contribution in [1.29, 1.82) is 0 Å². The number of halogens is 3. The topological polar surface area (TPSA) is 29.9 Å². The Labute approximate surface area is 166 Å². The van der Waals surface area contributed by atoms with Gasteiger partial charge in [-0.2, -0.15) is 0 Å². The maximum atomic E-state index is 11.3. The molecule has 0 atom stereocenters. The normalized spacial score (nSPS) is 10.4. The number of likely N-dealkylation sites (N-methyl/N-ethyl adjacent to an activating group) is 1. The first-order chi connectivity index (χ1) is 12.2. The average molecular weight is 400 g/mol. The zero-order valence-corrected chi connectivity index (χ0v) is 17.6. The second-order valence-corrected chi connectivity index (χ2v) is 6.62. The van der Waals surface area contributed by atoms with Crippen molar-refractivity contribution >= 4 is 23.2 Å². The SMILES string of the molecule is C/C=C(\C)F.C=C(C)CNC.Cc1nccn1Cc1cc(Cl)cc(Cl)c1. The summed E-state index contributed by atoms with van der Waals surface area (Å²) in [6, 6.07) is 5.55. The summed E-state index contributed by atoms with van der Waals surface area (Å²) in [5, 5.41) is 4.29. The molecule has 0 saturated carbocycles. The monoisotopic (exact) mass is 399 g/mol. The molecule has 3 nitrogen and oxygen atoms in total. The van der Waals surface area contributed by atoms with Gasteiger partial charge < -0.3 is 9.88 Å². The van der Waals surface area contributed by atoms with E-state index >= 15 is 0 Å². The highest BCUT2D eigenvalue weighted by Crippen LogP contribution is 2.19. The number of allylic oxidation sites excluding steroid dienone is 2.